The molecule has 3 heterocycles. The van der Waals surface area contributed by atoms with Crippen LogP contribution in [0, 0.1) is 0 Å². The molecule has 2 N–H and O–H groups in total. The zero-order chi connectivity index (χ0) is 15.7. The van der Waals surface area contributed by atoms with Crippen LogP contribution in [-0.2, 0) is 18.3 Å². The van der Waals surface area contributed by atoms with Crippen LogP contribution >= 0.6 is 23.1 Å². The van der Waals surface area contributed by atoms with Crippen LogP contribution in [0.25, 0.3) is 0 Å². The first-order valence-electron chi connectivity index (χ1n) is 7.25. The summed E-state index contributed by atoms with van der Waals surface area (Å²) in [4.78, 5) is 16.0. The Morgan fingerprint density at radius 2 is 2.36 bits per heavy atom. The van der Waals surface area contributed by atoms with Crippen molar-refractivity contribution in [3.8, 4) is 0 Å². The van der Waals surface area contributed by atoms with Gasteiger partial charge in [-0.1, -0.05) is 18.7 Å². The highest BCUT2D eigenvalue weighted by Gasteiger charge is 2.30. The lowest BCUT2D eigenvalue weighted by atomic mass is 9.98. The zero-order valence-corrected chi connectivity index (χ0v) is 14.3. The van der Waals surface area contributed by atoms with Crippen LogP contribution in [0.3, 0.4) is 0 Å². The number of carbonyl (C=O) groups is 1. The average molecular weight is 337 g/mol. The van der Waals surface area contributed by atoms with E-state index in [4.69, 9.17) is 5.73 Å². The van der Waals surface area contributed by atoms with Crippen molar-refractivity contribution in [1.82, 2.24) is 19.7 Å². The summed E-state index contributed by atoms with van der Waals surface area (Å²) >= 11 is 3.18. The number of carbonyl (C=O) groups excluding carboxylic acids is 1. The number of anilines is 1. The van der Waals surface area contributed by atoms with Crippen molar-refractivity contribution in [2.45, 2.75) is 31.0 Å². The average Bonchev–Trinajstić information content (AvgIpc) is 3.12. The topological polar surface area (TPSA) is 77.0 Å². The number of fused-ring (bicyclic) bond motifs is 1. The van der Waals surface area contributed by atoms with Gasteiger partial charge in [-0.05, 0) is 29.9 Å². The van der Waals surface area contributed by atoms with E-state index in [9.17, 15) is 4.79 Å². The van der Waals surface area contributed by atoms with E-state index in [1.165, 1.54) is 22.2 Å². The van der Waals surface area contributed by atoms with Crippen LogP contribution in [0.4, 0.5) is 5.95 Å². The molecule has 0 bridgehead atoms. The Kier molecular flexibility index (Phi) is 4.39. The molecule has 0 aliphatic carbocycles. The van der Waals surface area contributed by atoms with Gasteiger partial charge in [-0.15, -0.1) is 21.5 Å². The van der Waals surface area contributed by atoms with E-state index in [0.29, 0.717) is 16.9 Å². The summed E-state index contributed by atoms with van der Waals surface area (Å²) in [5.41, 5.74) is 6.98. The van der Waals surface area contributed by atoms with Crippen LogP contribution in [0.5, 0.6) is 0 Å². The molecule has 0 radical (unpaired) electrons. The predicted octanol–water partition coefficient (Wildman–Crippen LogP) is 2.09. The molecule has 3 rings (SSSR count). The molecule has 118 valence electrons. The fourth-order valence-electron chi connectivity index (χ4n) is 2.80. The number of hydrogen-bond donors (Lipinski definition) is 1. The van der Waals surface area contributed by atoms with E-state index < -0.39 is 0 Å². The first-order chi connectivity index (χ1) is 10.6. The van der Waals surface area contributed by atoms with Gasteiger partial charge in [0.25, 0.3) is 0 Å². The molecule has 2 aromatic rings. The molecule has 0 fully saturated rings. The van der Waals surface area contributed by atoms with Gasteiger partial charge in [0.2, 0.25) is 11.9 Å². The number of nitrogens with two attached hydrogens (primary N) is 1. The monoisotopic (exact) mass is 337 g/mol. The number of rotatable bonds is 4. The van der Waals surface area contributed by atoms with Gasteiger partial charge in [-0.2, -0.15) is 0 Å². The number of amides is 1. The molecular formula is C14H19N5OS2. The summed E-state index contributed by atoms with van der Waals surface area (Å²) in [6, 6.07) is 2.36. The predicted molar refractivity (Wildman–Crippen MR) is 88.9 cm³/mol. The van der Waals surface area contributed by atoms with Gasteiger partial charge in [-0.25, -0.2) is 0 Å². The lowest BCUT2D eigenvalue weighted by Gasteiger charge is -2.35. The third kappa shape index (κ3) is 2.72. The lowest BCUT2D eigenvalue weighted by Crippen LogP contribution is -2.40. The third-order valence-electron chi connectivity index (χ3n) is 4.00. The fraction of sp³-hybridized carbons (Fsp3) is 0.500. The summed E-state index contributed by atoms with van der Waals surface area (Å²) in [6.07, 6.45) is 1.90. The number of thioether (sulfide) groups is 1. The molecule has 8 heteroatoms. The second-order valence-electron chi connectivity index (χ2n) is 5.25. The number of nitrogens with zero attached hydrogens (tertiary/aromatic N) is 4. The van der Waals surface area contributed by atoms with Gasteiger partial charge in [0.15, 0.2) is 5.16 Å². The van der Waals surface area contributed by atoms with Gasteiger partial charge in [-0.3, -0.25) is 9.36 Å². The van der Waals surface area contributed by atoms with Crippen LogP contribution in [-0.4, -0.2) is 37.9 Å². The second kappa shape index (κ2) is 6.29. The Balaban J connectivity index is 1.68. The van der Waals surface area contributed by atoms with E-state index >= 15 is 0 Å². The maximum absolute atomic E-state index is 12.6. The summed E-state index contributed by atoms with van der Waals surface area (Å²) in [6.45, 7) is 2.93. The van der Waals surface area contributed by atoms with Gasteiger partial charge >= 0.3 is 0 Å². The fourth-order valence-corrected chi connectivity index (χ4v) is 4.53. The van der Waals surface area contributed by atoms with Gasteiger partial charge in [0.05, 0.1) is 11.8 Å². The van der Waals surface area contributed by atoms with Gasteiger partial charge < -0.3 is 10.6 Å². The summed E-state index contributed by atoms with van der Waals surface area (Å²) in [7, 11) is 1.80. The van der Waals surface area contributed by atoms with Crippen molar-refractivity contribution in [2.75, 3.05) is 18.0 Å². The highest BCUT2D eigenvalue weighted by atomic mass is 32.2. The zero-order valence-electron chi connectivity index (χ0n) is 12.7. The quantitative estimate of drug-likeness (QED) is 0.865. The molecule has 1 atom stereocenters. The number of hydrogen-bond acceptors (Lipinski definition) is 6. The minimum Gasteiger partial charge on any atom is -0.368 e. The smallest absolute Gasteiger partial charge is 0.233 e. The number of aromatic nitrogens is 3. The Bertz CT molecular complexity index is 681. The first kappa shape index (κ1) is 15.4. The second-order valence-corrected chi connectivity index (χ2v) is 7.19. The van der Waals surface area contributed by atoms with Crippen LogP contribution in [0.1, 0.15) is 29.8 Å². The molecule has 0 spiro atoms. The molecule has 0 saturated carbocycles. The van der Waals surface area contributed by atoms with Crippen LogP contribution in [0.2, 0.25) is 0 Å². The van der Waals surface area contributed by atoms with Crippen LogP contribution in [0.15, 0.2) is 16.6 Å². The van der Waals surface area contributed by atoms with Gasteiger partial charge in [0.1, 0.15) is 0 Å². The maximum Gasteiger partial charge on any atom is 0.233 e. The first-order valence-corrected chi connectivity index (χ1v) is 9.11. The molecule has 1 aliphatic heterocycles. The Hall–Kier alpha value is -1.54. The van der Waals surface area contributed by atoms with E-state index in [2.05, 4.69) is 28.6 Å². The van der Waals surface area contributed by atoms with E-state index in [1.54, 1.807) is 23.0 Å². The van der Waals surface area contributed by atoms with Crippen molar-refractivity contribution in [2.24, 2.45) is 7.05 Å². The molecule has 22 heavy (non-hydrogen) atoms. The van der Waals surface area contributed by atoms with Crippen molar-refractivity contribution in [3.63, 3.8) is 0 Å². The summed E-state index contributed by atoms with van der Waals surface area (Å²) < 4.78 is 1.70. The molecule has 1 aliphatic rings. The number of thiophene rings is 1. The normalized spacial score (nSPS) is 17.5. The highest BCUT2D eigenvalue weighted by Crippen LogP contribution is 2.35. The van der Waals surface area contributed by atoms with Crippen molar-refractivity contribution in [3.05, 3.63) is 21.9 Å². The Labute approximate surface area is 137 Å². The maximum atomic E-state index is 12.6. The molecule has 0 saturated heterocycles. The molecule has 0 aromatic carbocycles. The minimum absolute atomic E-state index is 0.148. The standard InChI is InChI=1S/C14H19N5OS2/c1-3-10-9-5-7-21-11(9)4-6-19(10)12(20)8-22-14-17-16-13(15)18(14)2/h5,7,10H,3-4,6,8H2,1-2H3,(H2,15,16)/t10-/m1/s1. The molecule has 0 unspecified atom stereocenters. The van der Waals surface area contributed by atoms with E-state index in [-0.39, 0.29) is 11.9 Å². The van der Waals surface area contributed by atoms with E-state index in [1.807, 2.05) is 4.90 Å². The van der Waals surface area contributed by atoms with Crippen molar-refractivity contribution in [1.29, 1.82) is 0 Å². The highest BCUT2D eigenvalue weighted by molar-refractivity contribution is 7.99. The summed E-state index contributed by atoms with van der Waals surface area (Å²) in [5.74, 6) is 0.875. The summed E-state index contributed by atoms with van der Waals surface area (Å²) in [5, 5.41) is 10.6. The Morgan fingerprint density at radius 1 is 1.55 bits per heavy atom. The minimum atomic E-state index is 0.148. The number of nitrogen functional groups attached to an aromatic ring is 1. The molecular weight excluding hydrogens is 318 g/mol. The SMILES string of the molecule is CC[C@@H]1c2ccsc2CCN1C(=O)CSc1nnc(N)n1C. The molecule has 6 nitrogen and oxygen atoms in total. The van der Waals surface area contributed by atoms with Gasteiger partial charge in [0, 0.05) is 18.5 Å². The molecule has 2 aromatic heterocycles. The van der Waals surface area contributed by atoms with Crippen molar-refractivity contribution >= 4 is 35.0 Å². The largest absolute Gasteiger partial charge is 0.368 e. The third-order valence-corrected chi connectivity index (χ3v) is 6.00. The molecule has 1 amide bonds. The Morgan fingerprint density at radius 3 is 3.05 bits per heavy atom. The lowest BCUT2D eigenvalue weighted by molar-refractivity contribution is -0.131. The van der Waals surface area contributed by atoms with E-state index in [0.717, 1.165) is 19.4 Å². The van der Waals surface area contributed by atoms with Crippen LogP contribution < -0.4 is 5.73 Å². The van der Waals surface area contributed by atoms with Crippen molar-refractivity contribution < 1.29 is 4.79 Å².